The smallest absolute Gasteiger partial charge is 0.261 e. The van der Waals surface area contributed by atoms with Crippen LogP contribution >= 0.6 is 0 Å². The van der Waals surface area contributed by atoms with Crippen molar-refractivity contribution in [2.45, 2.75) is 20.4 Å². The fourth-order valence-corrected chi connectivity index (χ4v) is 3.05. The van der Waals surface area contributed by atoms with Gasteiger partial charge < -0.3 is 14.6 Å². The second-order valence-corrected chi connectivity index (χ2v) is 6.61. The Kier molecular flexibility index (Phi) is 5.25. The van der Waals surface area contributed by atoms with Crippen LogP contribution in [0.15, 0.2) is 53.3 Å². The number of amides is 1. The van der Waals surface area contributed by atoms with Crippen molar-refractivity contribution >= 4 is 5.91 Å². The summed E-state index contributed by atoms with van der Waals surface area (Å²) in [4.78, 5) is 21.4. The SMILES string of the molecule is COc1cccc(CNC(=O)c2cnn(-c3ncccc3-c3nc(C)no3)c2C)c1. The molecule has 0 spiro atoms. The number of hydrogen-bond donors (Lipinski definition) is 1. The first kappa shape index (κ1) is 19.3. The highest BCUT2D eigenvalue weighted by molar-refractivity contribution is 5.95. The molecule has 0 bridgehead atoms. The number of nitrogens with one attached hydrogen (secondary N) is 1. The third-order valence-corrected chi connectivity index (χ3v) is 4.59. The average molecular weight is 404 g/mol. The molecule has 0 unspecified atom stereocenters. The Bertz CT molecular complexity index is 1200. The van der Waals surface area contributed by atoms with Gasteiger partial charge in [0.15, 0.2) is 11.6 Å². The van der Waals surface area contributed by atoms with Gasteiger partial charge in [-0.3, -0.25) is 4.79 Å². The fraction of sp³-hybridized carbons (Fsp3) is 0.190. The summed E-state index contributed by atoms with van der Waals surface area (Å²) in [6.07, 6.45) is 3.17. The molecule has 0 radical (unpaired) electrons. The quantitative estimate of drug-likeness (QED) is 0.526. The van der Waals surface area contributed by atoms with Crippen LogP contribution in [0, 0.1) is 13.8 Å². The number of rotatable bonds is 6. The lowest BCUT2D eigenvalue weighted by Gasteiger charge is -2.09. The molecule has 9 nitrogen and oxygen atoms in total. The topological polar surface area (TPSA) is 108 Å². The van der Waals surface area contributed by atoms with Crippen molar-refractivity contribution in [1.29, 1.82) is 0 Å². The van der Waals surface area contributed by atoms with Crippen LogP contribution in [0.2, 0.25) is 0 Å². The summed E-state index contributed by atoms with van der Waals surface area (Å²) in [5.74, 6) is 1.88. The number of carbonyl (C=O) groups excluding carboxylic acids is 1. The van der Waals surface area contributed by atoms with Crippen molar-refractivity contribution in [3.8, 4) is 23.0 Å². The van der Waals surface area contributed by atoms with E-state index < -0.39 is 0 Å². The van der Waals surface area contributed by atoms with E-state index in [0.717, 1.165) is 11.3 Å². The highest BCUT2D eigenvalue weighted by Gasteiger charge is 2.20. The molecule has 0 aliphatic rings. The van der Waals surface area contributed by atoms with E-state index in [9.17, 15) is 4.79 Å². The number of aryl methyl sites for hydroxylation is 1. The standard InChI is InChI=1S/C21H20N6O3/c1-13-18(20(28)23-11-15-6-4-7-16(10-15)29-3)12-24-27(13)19-17(8-5-9-22-19)21-25-14(2)26-30-21/h4-10,12H,11H2,1-3H3,(H,23,28). The second-order valence-electron chi connectivity index (χ2n) is 6.61. The van der Waals surface area contributed by atoms with Crippen LogP contribution in [-0.4, -0.2) is 37.9 Å². The molecular formula is C21H20N6O3. The van der Waals surface area contributed by atoms with Gasteiger partial charge in [-0.2, -0.15) is 10.1 Å². The Morgan fingerprint density at radius 3 is 2.87 bits per heavy atom. The monoisotopic (exact) mass is 404 g/mol. The lowest BCUT2D eigenvalue weighted by molar-refractivity contribution is 0.0950. The molecule has 0 aliphatic carbocycles. The average Bonchev–Trinajstić information content (AvgIpc) is 3.37. The van der Waals surface area contributed by atoms with Crippen molar-refractivity contribution in [1.82, 2.24) is 30.2 Å². The van der Waals surface area contributed by atoms with Crippen LogP contribution in [0.1, 0.15) is 27.4 Å². The Hall–Kier alpha value is -4.01. The van der Waals surface area contributed by atoms with Gasteiger partial charge in [0.1, 0.15) is 5.75 Å². The molecule has 9 heteroatoms. The molecule has 4 aromatic rings. The highest BCUT2D eigenvalue weighted by atomic mass is 16.5. The number of carbonyl (C=O) groups is 1. The molecule has 0 saturated carbocycles. The van der Waals surface area contributed by atoms with Gasteiger partial charge in [-0.05, 0) is 43.7 Å². The molecule has 1 aromatic carbocycles. The first-order chi connectivity index (χ1) is 14.6. The van der Waals surface area contributed by atoms with Crippen molar-refractivity contribution in [3.63, 3.8) is 0 Å². The zero-order chi connectivity index (χ0) is 21.1. The lowest BCUT2D eigenvalue weighted by atomic mass is 10.2. The number of benzene rings is 1. The first-order valence-electron chi connectivity index (χ1n) is 9.28. The van der Waals surface area contributed by atoms with Gasteiger partial charge in [0.05, 0.1) is 30.1 Å². The predicted molar refractivity (Wildman–Crippen MR) is 108 cm³/mol. The molecule has 0 aliphatic heterocycles. The number of nitrogens with zero attached hydrogens (tertiary/aromatic N) is 5. The van der Waals surface area contributed by atoms with Crippen LogP contribution in [0.4, 0.5) is 0 Å². The van der Waals surface area contributed by atoms with E-state index in [1.54, 1.807) is 31.0 Å². The molecule has 1 amide bonds. The van der Waals surface area contributed by atoms with E-state index >= 15 is 0 Å². The van der Waals surface area contributed by atoms with Crippen molar-refractivity contribution < 1.29 is 14.1 Å². The Morgan fingerprint density at radius 1 is 1.23 bits per heavy atom. The van der Waals surface area contributed by atoms with E-state index in [2.05, 4.69) is 25.5 Å². The molecule has 30 heavy (non-hydrogen) atoms. The summed E-state index contributed by atoms with van der Waals surface area (Å²) in [6.45, 7) is 3.93. The maximum absolute atomic E-state index is 12.7. The van der Waals surface area contributed by atoms with Gasteiger partial charge in [-0.1, -0.05) is 17.3 Å². The summed E-state index contributed by atoms with van der Waals surface area (Å²) in [5.41, 5.74) is 2.67. The molecule has 0 saturated heterocycles. The molecule has 0 atom stereocenters. The minimum Gasteiger partial charge on any atom is -0.497 e. The number of ether oxygens (including phenoxy) is 1. The molecule has 3 aromatic heterocycles. The van der Waals surface area contributed by atoms with E-state index in [-0.39, 0.29) is 5.91 Å². The molecular weight excluding hydrogens is 384 g/mol. The maximum atomic E-state index is 12.7. The lowest BCUT2D eigenvalue weighted by Crippen LogP contribution is -2.23. The fourth-order valence-electron chi connectivity index (χ4n) is 3.05. The van der Waals surface area contributed by atoms with E-state index in [0.29, 0.717) is 40.9 Å². The summed E-state index contributed by atoms with van der Waals surface area (Å²) >= 11 is 0. The zero-order valence-corrected chi connectivity index (χ0v) is 16.8. The Labute approximate surface area is 172 Å². The number of methoxy groups -OCH3 is 1. The van der Waals surface area contributed by atoms with Gasteiger partial charge in [-0.15, -0.1) is 0 Å². The number of pyridine rings is 1. The molecule has 152 valence electrons. The van der Waals surface area contributed by atoms with Gasteiger partial charge >= 0.3 is 0 Å². The Morgan fingerprint density at radius 2 is 2.10 bits per heavy atom. The van der Waals surface area contributed by atoms with Gasteiger partial charge in [-0.25, -0.2) is 9.67 Å². The summed E-state index contributed by atoms with van der Waals surface area (Å²) in [6, 6.07) is 11.1. The maximum Gasteiger partial charge on any atom is 0.261 e. The third kappa shape index (κ3) is 3.77. The predicted octanol–water partition coefficient (Wildman–Crippen LogP) is 2.87. The van der Waals surface area contributed by atoms with Crippen molar-refractivity contribution in [2.75, 3.05) is 7.11 Å². The minimum atomic E-state index is -0.229. The zero-order valence-electron chi connectivity index (χ0n) is 16.8. The van der Waals surface area contributed by atoms with Crippen LogP contribution in [-0.2, 0) is 6.54 Å². The number of hydrogen-bond acceptors (Lipinski definition) is 7. The van der Waals surface area contributed by atoms with Crippen LogP contribution in [0.3, 0.4) is 0 Å². The van der Waals surface area contributed by atoms with Gasteiger partial charge in [0.2, 0.25) is 0 Å². The normalized spacial score (nSPS) is 10.8. The van der Waals surface area contributed by atoms with Crippen LogP contribution < -0.4 is 10.1 Å². The van der Waals surface area contributed by atoms with E-state index in [1.165, 1.54) is 6.20 Å². The third-order valence-electron chi connectivity index (χ3n) is 4.59. The molecule has 3 heterocycles. The molecule has 4 rings (SSSR count). The summed E-state index contributed by atoms with van der Waals surface area (Å²) < 4.78 is 12.1. The summed E-state index contributed by atoms with van der Waals surface area (Å²) in [7, 11) is 1.61. The highest BCUT2D eigenvalue weighted by Crippen LogP contribution is 2.24. The summed E-state index contributed by atoms with van der Waals surface area (Å²) in [5, 5.41) is 11.1. The first-order valence-corrected chi connectivity index (χ1v) is 9.28. The number of aromatic nitrogens is 5. The van der Waals surface area contributed by atoms with Crippen molar-refractivity contribution in [3.05, 3.63) is 71.4 Å². The van der Waals surface area contributed by atoms with Gasteiger partial charge in [0.25, 0.3) is 11.8 Å². The van der Waals surface area contributed by atoms with Crippen LogP contribution in [0.25, 0.3) is 17.3 Å². The van der Waals surface area contributed by atoms with E-state index in [4.69, 9.17) is 9.26 Å². The molecule has 0 fully saturated rings. The van der Waals surface area contributed by atoms with Crippen LogP contribution in [0.5, 0.6) is 5.75 Å². The second kappa shape index (κ2) is 8.16. The minimum absolute atomic E-state index is 0.229. The Balaban J connectivity index is 1.58. The van der Waals surface area contributed by atoms with Crippen molar-refractivity contribution in [2.24, 2.45) is 0 Å². The largest absolute Gasteiger partial charge is 0.497 e. The van der Waals surface area contributed by atoms with E-state index in [1.807, 2.05) is 37.3 Å². The molecule has 1 N–H and O–H groups in total. The van der Waals surface area contributed by atoms with Gasteiger partial charge in [0, 0.05) is 12.7 Å².